The zero-order chi connectivity index (χ0) is 20.6. The number of amides is 2. The van der Waals surface area contributed by atoms with Crippen LogP contribution in [-0.4, -0.2) is 30.2 Å². The molecule has 0 unspecified atom stereocenters. The topological polar surface area (TPSA) is 100 Å². The van der Waals surface area contributed by atoms with Crippen molar-refractivity contribution in [1.29, 1.82) is 0 Å². The second-order valence-corrected chi connectivity index (χ2v) is 6.03. The Hall–Kier alpha value is -4.13. The number of methoxy groups -OCH3 is 1. The first-order valence-electron chi connectivity index (χ1n) is 8.73. The number of rotatable bonds is 6. The van der Waals surface area contributed by atoms with Crippen molar-refractivity contribution in [2.24, 2.45) is 5.10 Å². The number of nitrogens with zero attached hydrogens (tertiary/aromatic N) is 1. The maximum absolute atomic E-state index is 12.3. The van der Waals surface area contributed by atoms with Gasteiger partial charge in [0.25, 0.3) is 11.8 Å². The molecule has 0 aromatic heterocycles. The number of phenolic OH excluding ortho intramolecular Hbond substituents is 1. The van der Waals surface area contributed by atoms with Crippen molar-refractivity contribution < 1.29 is 19.4 Å². The quantitative estimate of drug-likeness (QED) is 0.444. The van der Waals surface area contributed by atoms with Gasteiger partial charge >= 0.3 is 0 Å². The molecule has 3 aromatic carbocycles. The minimum Gasteiger partial charge on any atom is -0.504 e. The summed E-state index contributed by atoms with van der Waals surface area (Å²) in [6.45, 7) is 0. The van der Waals surface area contributed by atoms with Crippen LogP contribution in [0, 0.1) is 0 Å². The van der Waals surface area contributed by atoms with Crippen LogP contribution in [0.25, 0.3) is 0 Å². The fraction of sp³-hybridized carbons (Fsp3) is 0.0455. The van der Waals surface area contributed by atoms with Crippen molar-refractivity contribution in [1.82, 2.24) is 5.43 Å². The Morgan fingerprint density at radius 2 is 1.69 bits per heavy atom. The third-order valence-electron chi connectivity index (χ3n) is 4.00. The fourth-order valence-electron chi connectivity index (χ4n) is 2.54. The smallest absolute Gasteiger partial charge is 0.271 e. The Balaban J connectivity index is 1.64. The van der Waals surface area contributed by atoms with E-state index < -0.39 is 5.91 Å². The number of carbonyl (C=O) groups excluding carboxylic acids is 2. The molecule has 0 bridgehead atoms. The van der Waals surface area contributed by atoms with Crippen molar-refractivity contribution in [2.45, 2.75) is 0 Å². The van der Waals surface area contributed by atoms with Crippen LogP contribution in [0.2, 0.25) is 0 Å². The summed E-state index contributed by atoms with van der Waals surface area (Å²) in [4.78, 5) is 24.6. The third-order valence-corrected chi connectivity index (χ3v) is 4.00. The monoisotopic (exact) mass is 389 g/mol. The number of aromatic hydroxyl groups is 1. The highest BCUT2D eigenvalue weighted by Gasteiger charge is 2.09. The average Bonchev–Trinajstić information content (AvgIpc) is 2.75. The van der Waals surface area contributed by atoms with Crippen molar-refractivity contribution in [3.05, 3.63) is 89.5 Å². The molecular formula is C22H19N3O4. The third kappa shape index (κ3) is 5.20. The molecule has 0 fully saturated rings. The molecule has 0 saturated heterocycles. The van der Waals surface area contributed by atoms with E-state index in [1.54, 1.807) is 60.7 Å². The summed E-state index contributed by atoms with van der Waals surface area (Å²) in [5.41, 5.74) is 4.44. The molecule has 0 aliphatic rings. The normalized spacial score (nSPS) is 10.5. The lowest BCUT2D eigenvalue weighted by Crippen LogP contribution is -2.18. The Bertz CT molecular complexity index is 1050. The molecule has 7 nitrogen and oxygen atoms in total. The molecule has 2 amide bonds. The molecule has 0 atom stereocenters. The van der Waals surface area contributed by atoms with E-state index in [1.165, 1.54) is 19.4 Å². The molecule has 29 heavy (non-hydrogen) atoms. The van der Waals surface area contributed by atoms with Crippen LogP contribution >= 0.6 is 0 Å². The number of phenols is 1. The lowest BCUT2D eigenvalue weighted by molar-refractivity contribution is 0.0953. The number of anilines is 1. The van der Waals surface area contributed by atoms with E-state index in [0.29, 0.717) is 28.1 Å². The number of benzene rings is 3. The van der Waals surface area contributed by atoms with Crippen LogP contribution in [0.5, 0.6) is 11.5 Å². The van der Waals surface area contributed by atoms with Gasteiger partial charge in [0.15, 0.2) is 11.5 Å². The fourth-order valence-corrected chi connectivity index (χ4v) is 2.54. The van der Waals surface area contributed by atoms with Gasteiger partial charge < -0.3 is 15.2 Å². The number of hydrogen-bond acceptors (Lipinski definition) is 5. The van der Waals surface area contributed by atoms with E-state index in [9.17, 15) is 14.7 Å². The molecule has 3 rings (SSSR count). The Labute approximate surface area is 167 Å². The van der Waals surface area contributed by atoms with Gasteiger partial charge in [-0.2, -0.15) is 5.10 Å². The van der Waals surface area contributed by atoms with Crippen LogP contribution in [0.15, 0.2) is 77.9 Å². The predicted molar refractivity (Wildman–Crippen MR) is 111 cm³/mol. The van der Waals surface area contributed by atoms with Crippen molar-refractivity contribution in [3.63, 3.8) is 0 Å². The summed E-state index contributed by atoms with van der Waals surface area (Å²) in [5, 5.41) is 16.3. The first-order chi connectivity index (χ1) is 14.1. The van der Waals surface area contributed by atoms with E-state index in [0.717, 1.165) is 0 Å². The molecule has 0 aliphatic carbocycles. The second-order valence-electron chi connectivity index (χ2n) is 6.03. The molecular weight excluding hydrogens is 370 g/mol. The second kappa shape index (κ2) is 9.18. The van der Waals surface area contributed by atoms with Gasteiger partial charge in [-0.3, -0.25) is 9.59 Å². The van der Waals surface area contributed by atoms with E-state index in [2.05, 4.69) is 15.8 Å². The molecule has 0 saturated carbocycles. The Kier molecular flexibility index (Phi) is 6.22. The van der Waals surface area contributed by atoms with Crippen molar-refractivity contribution in [2.75, 3.05) is 12.4 Å². The van der Waals surface area contributed by atoms with Gasteiger partial charge in [0.1, 0.15) is 0 Å². The van der Waals surface area contributed by atoms with E-state index in [-0.39, 0.29) is 11.7 Å². The molecule has 0 radical (unpaired) electrons. The molecule has 0 heterocycles. The SMILES string of the molecule is COc1cc(/C=N/NC(=O)c2cccc(NC(=O)c3ccccc3)c2)ccc1O. The van der Waals surface area contributed by atoms with Gasteiger partial charge in [-0.05, 0) is 54.1 Å². The van der Waals surface area contributed by atoms with Gasteiger partial charge in [0.2, 0.25) is 0 Å². The van der Waals surface area contributed by atoms with Crippen molar-refractivity contribution >= 4 is 23.7 Å². The summed E-state index contributed by atoms with van der Waals surface area (Å²) in [6.07, 6.45) is 1.43. The number of carbonyl (C=O) groups is 2. The Morgan fingerprint density at radius 1 is 0.931 bits per heavy atom. The molecule has 7 heteroatoms. The average molecular weight is 389 g/mol. The molecule has 3 N–H and O–H groups in total. The largest absolute Gasteiger partial charge is 0.504 e. The highest BCUT2D eigenvalue weighted by Crippen LogP contribution is 2.25. The van der Waals surface area contributed by atoms with Gasteiger partial charge in [-0.1, -0.05) is 24.3 Å². The first-order valence-corrected chi connectivity index (χ1v) is 8.73. The number of hydrazone groups is 1. The first kappa shape index (κ1) is 19.6. The number of hydrogen-bond donors (Lipinski definition) is 3. The van der Waals surface area contributed by atoms with E-state index in [1.807, 2.05) is 6.07 Å². The van der Waals surface area contributed by atoms with Crippen molar-refractivity contribution in [3.8, 4) is 11.5 Å². The lowest BCUT2D eigenvalue weighted by atomic mass is 10.1. The standard InChI is InChI=1S/C22H19N3O4/c1-29-20-12-15(10-11-19(20)26)14-23-25-22(28)17-8-5-9-18(13-17)24-21(27)16-6-3-2-4-7-16/h2-14,26H,1H3,(H,24,27)(H,25,28)/b23-14+. The van der Waals surface area contributed by atoms with Crippen LogP contribution in [-0.2, 0) is 0 Å². The van der Waals surface area contributed by atoms with Gasteiger partial charge in [0, 0.05) is 16.8 Å². The Morgan fingerprint density at radius 3 is 2.45 bits per heavy atom. The van der Waals surface area contributed by atoms with Crippen LogP contribution in [0.1, 0.15) is 26.3 Å². The summed E-state index contributed by atoms with van der Waals surface area (Å²) in [7, 11) is 1.45. The summed E-state index contributed by atoms with van der Waals surface area (Å²) in [6, 6.07) is 20.0. The minimum atomic E-state index is -0.428. The van der Waals surface area contributed by atoms with Crippen LogP contribution in [0.3, 0.4) is 0 Å². The van der Waals surface area contributed by atoms with Gasteiger partial charge in [0.05, 0.1) is 13.3 Å². The summed E-state index contributed by atoms with van der Waals surface area (Å²) in [5.74, 6) is -0.365. The zero-order valence-electron chi connectivity index (χ0n) is 15.6. The molecule has 146 valence electrons. The number of nitrogens with one attached hydrogen (secondary N) is 2. The maximum Gasteiger partial charge on any atom is 0.271 e. The van der Waals surface area contributed by atoms with Gasteiger partial charge in [-0.25, -0.2) is 5.43 Å². The molecule has 3 aromatic rings. The highest BCUT2D eigenvalue weighted by atomic mass is 16.5. The maximum atomic E-state index is 12.3. The minimum absolute atomic E-state index is 0.0167. The van der Waals surface area contributed by atoms with Gasteiger partial charge in [-0.15, -0.1) is 0 Å². The summed E-state index contributed by atoms with van der Waals surface area (Å²) >= 11 is 0. The predicted octanol–water partition coefficient (Wildman–Crippen LogP) is 3.42. The van der Waals surface area contributed by atoms with Crippen LogP contribution < -0.4 is 15.5 Å². The highest BCUT2D eigenvalue weighted by molar-refractivity contribution is 6.05. The lowest BCUT2D eigenvalue weighted by Gasteiger charge is -2.07. The number of ether oxygens (including phenoxy) is 1. The zero-order valence-corrected chi connectivity index (χ0v) is 15.6. The van der Waals surface area contributed by atoms with Crippen LogP contribution in [0.4, 0.5) is 5.69 Å². The van der Waals surface area contributed by atoms with E-state index in [4.69, 9.17) is 4.74 Å². The molecule has 0 aliphatic heterocycles. The summed E-state index contributed by atoms with van der Waals surface area (Å²) < 4.78 is 5.03. The van der Waals surface area contributed by atoms with E-state index >= 15 is 0 Å². The molecule has 0 spiro atoms.